The van der Waals surface area contributed by atoms with Crippen molar-refractivity contribution in [2.45, 2.75) is 40.7 Å². The standard InChI is InChI=1S/C15H21NO2.C12H17NO2/c1-5-10-18-16-15(11-17-12(2)3)14-8-6-13(4)7-9-14;1-4-15-9-12(13-14-3)11-7-5-10(2)6-8-11/h5-9,12H,1,10-11H2,2-4H3;5-8H,4,9H2,1-3H3/b16-15+;13-12+. The predicted molar refractivity (Wildman–Crippen MR) is 136 cm³/mol. The lowest BCUT2D eigenvalue weighted by molar-refractivity contribution is 0.106. The van der Waals surface area contributed by atoms with Crippen molar-refractivity contribution in [1.29, 1.82) is 0 Å². The maximum atomic E-state index is 5.58. The van der Waals surface area contributed by atoms with Gasteiger partial charge in [-0.25, -0.2) is 0 Å². The normalized spacial score (nSPS) is 11.6. The first-order valence-electron chi connectivity index (χ1n) is 11.1. The first kappa shape index (κ1) is 28.1. The van der Waals surface area contributed by atoms with Crippen LogP contribution in [0.15, 0.2) is 71.5 Å². The third-order valence-electron chi connectivity index (χ3n) is 4.33. The van der Waals surface area contributed by atoms with E-state index < -0.39 is 0 Å². The molecule has 0 saturated heterocycles. The second-order valence-corrected chi connectivity index (χ2v) is 7.57. The van der Waals surface area contributed by atoms with E-state index >= 15 is 0 Å². The minimum atomic E-state index is 0.167. The highest BCUT2D eigenvalue weighted by molar-refractivity contribution is 6.01. The molecule has 6 nitrogen and oxygen atoms in total. The number of aryl methyl sites for hydroxylation is 2. The maximum Gasteiger partial charge on any atom is 0.135 e. The zero-order chi connectivity index (χ0) is 24.5. The predicted octanol–water partition coefficient (Wildman–Crippen LogP) is 5.71. The van der Waals surface area contributed by atoms with E-state index in [1.165, 1.54) is 11.1 Å². The van der Waals surface area contributed by atoms with Crippen LogP contribution in [0.25, 0.3) is 0 Å². The van der Waals surface area contributed by atoms with Crippen LogP contribution in [0.3, 0.4) is 0 Å². The lowest BCUT2D eigenvalue weighted by Crippen LogP contribution is -2.15. The van der Waals surface area contributed by atoms with Gasteiger partial charge in [-0.3, -0.25) is 0 Å². The third kappa shape index (κ3) is 12.0. The van der Waals surface area contributed by atoms with E-state index in [0.29, 0.717) is 26.4 Å². The van der Waals surface area contributed by atoms with Crippen molar-refractivity contribution in [1.82, 2.24) is 0 Å². The van der Waals surface area contributed by atoms with E-state index in [-0.39, 0.29) is 6.10 Å². The lowest BCUT2D eigenvalue weighted by Gasteiger charge is -2.10. The van der Waals surface area contributed by atoms with Gasteiger partial charge in [-0.15, -0.1) is 0 Å². The van der Waals surface area contributed by atoms with Gasteiger partial charge in [0.1, 0.15) is 25.1 Å². The van der Waals surface area contributed by atoms with Gasteiger partial charge in [-0.2, -0.15) is 0 Å². The highest BCUT2D eigenvalue weighted by atomic mass is 16.6. The van der Waals surface area contributed by atoms with E-state index in [2.05, 4.69) is 30.7 Å². The van der Waals surface area contributed by atoms with Gasteiger partial charge in [0.05, 0.1) is 19.3 Å². The molecule has 0 unspecified atom stereocenters. The Bertz CT molecular complexity index is 857. The fourth-order valence-electron chi connectivity index (χ4n) is 2.54. The van der Waals surface area contributed by atoms with Gasteiger partial charge in [0, 0.05) is 17.7 Å². The number of oxime groups is 2. The van der Waals surface area contributed by atoms with Crippen molar-refractivity contribution in [2.75, 3.05) is 33.5 Å². The van der Waals surface area contributed by atoms with Crippen molar-refractivity contribution >= 4 is 11.4 Å². The van der Waals surface area contributed by atoms with Gasteiger partial charge in [-0.05, 0) is 34.6 Å². The Kier molecular flexibility index (Phi) is 14.2. The summed E-state index contributed by atoms with van der Waals surface area (Å²) >= 11 is 0. The van der Waals surface area contributed by atoms with Gasteiger partial charge in [-0.1, -0.05) is 82.6 Å². The quantitative estimate of drug-likeness (QED) is 0.178. The number of benzene rings is 2. The molecule has 0 amide bonds. The third-order valence-corrected chi connectivity index (χ3v) is 4.33. The summed E-state index contributed by atoms with van der Waals surface area (Å²) in [6, 6.07) is 16.3. The van der Waals surface area contributed by atoms with Crippen molar-refractivity contribution in [3.05, 3.63) is 83.4 Å². The molecule has 0 atom stereocenters. The molecule has 0 aliphatic rings. The van der Waals surface area contributed by atoms with Gasteiger partial charge >= 0.3 is 0 Å². The molecular weight excluding hydrogens is 416 g/mol. The zero-order valence-electron chi connectivity index (χ0n) is 20.8. The highest BCUT2D eigenvalue weighted by Crippen LogP contribution is 2.07. The van der Waals surface area contributed by atoms with Crippen molar-refractivity contribution in [3.8, 4) is 0 Å². The molecule has 2 rings (SSSR count). The first-order chi connectivity index (χ1) is 15.9. The molecule has 0 spiro atoms. The Morgan fingerprint density at radius 3 is 1.82 bits per heavy atom. The van der Waals surface area contributed by atoms with Crippen molar-refractivity contribution in [2.24, 2.45) is 10.3 Å². The Balaban J connectivity index is 0.000000335. The summed E-state index contributed by atoms with van der Waals surface area (Å²) in [7, 11) is 1.54. The molecule has 0 N–H and O–H groups in total. The van der Waals surface area contributed by atoms with Crippen LogP contribution in [0.1, 0.15) is 43.0 Å². The van der Waals surface area contributed by atoms with Gasteiger partial charge in [0.2, 0.25) is 0 Å². The lowest BCUT2D eigenvalue weighted by atomic mass is 10.1. The molecule has 0 aliphatic heterocycles. The second-order valence-electron chi connectivity index (χ2n) is 7.57. The summed E-state index contributed by atoms with van der Waals surface area (Å²) in [4.78, 5) is 9.95. The minimum Gasteiger partial charge on any atom is -0.399 e. The van der Waals surface area contributed by atoms with Crippen LogP contribution in [0.5, 0.6) is 0 Å². The maximum absolute atomic E-state index is 5.58. The van der Waals surface area contributed by atoms with E-state index in [9.17, 15) is 0 Å². The molecule has 2 aromatic carbocycles. The summed E-state index contributed by atoms with van der Waals surface area (Å²) in [5, 5.41) is 8.06. The van der Waals surface area contributed by atoms with E-state index in [4.69, 9.17) is 19.1 Å². The number of ether oxygens (including phenoxy) is 2. The first-order valence-corrected chi connectivity index (χ1v) is 11.1. The summed E-state index contributed by atoms with van der Waals surface area (Å²) < 4.78 is 10.9. The molecule has 0 saturated carbocycles. The Morgan fingerprint density at radius 2 is 1.39 bits per heavy atom. The van der Waals surface area contributed by atoms with Gasteiger partial charge in [0.25, 0.3) is 0 Å². The summed E-state index contributed by atoms with van der Waals surface area (Å²) in [6.45, 7) is 15.7. The number of nitrogens with zero attached hydrogens (tertiary/aromatic N) is 2. The van der Waals surface area contributed by atoms with Crippen molar-refractivity contribution in [3.63, 3.8) is 0 Å². The Hall–Kier alpha value is -2.96. The topological polar surface area (TPSA) is 61.6 Å². The Morgan fingerprint density at radius 1 is 0.879 bits per heavy atom. The van der Waals surface area contributed by atoms with Crippen LogP contribution in [0.4, 0.5) is 0 Å². The van der Waals surface area contributed by atoms with Crippen LogP contribution < -0.4 is 0 Å². The van der Waals surface area contributed by atoms with E-state index in [1.807, 2.05) is 69.3 Å². The number of hydrogen-bond acceptors (Lipinski definition) is 6. The number of hydrogen-bond donors (Lipinski definition) is 0. The highest BCUT2D eigenvalue weighted by Gasteiger charge is 2.06. The monoisotopic (exact) mass is 454 g/mol. The Labute approximate surface area is 198 Å². The fourth-order valence-corrected chi connectivity index (χ4v) is 2.54. The molecule has 0 aliphatic carbocycles. The van der Waals surface area contributed by atoms with Gasteiger partial charge < -0.3 is 19.1 Å². The molecule has 2 aromatic rings. The molecule has 0 fully saturated rings. The molecule has 6 heteroatoms. The van der Waals surface area contributed by atoms with Crippen LogP contribution in [0.2, 0.25) is 0 Å². The summed E-state index contributed by atoms with van der Waals surface area (Å²) in [6.07, 6.45) is 1.83. The van der Waals surface area contributed by atoms with E-state index in [1.54, 1.807) is 13.2 Å². The van der Waals surface area contributed by atoms with Crippen LogP contribution in [-0.4, -0.2) is 51.1 Å². The molecule has 0 heterocycles. The van der Waals surface area contributed by atoms with Crippen LogP contribution >= 0.6 is 0 Å². The molecule has 33 heavy (non-hydrogen) atoms. The van der Waals surface area contributed by atoms with Crippen LogP contribution in [0, 0.1) is 13.8 Å². The number of rotatable bonds is 12. The van der Waals surface area contributed by atoms with Crippen molar-refractivity contribution < 1.29 is 19.1 Å². The molecule has 0 bridgehead atoms. The average molecular weight is 455 g/mol. The minimum absolute atomic E-state index is 0.167. The molecule has 180 valence electrons. The second kappa shape index (κ2) is 16.6. The van der Waals surface area contributed by atoms with Crippen LogP contribution in [-0.2, 0) is 19.1 Å². The summed E-state index contributed by atoms with van der Waals surface area (Å²) in [5.41, 5.74) is 6.12. The molecular formula is C27H38N2O4. The van der Waals surface area contributed by atoms with E-state index in [0.717, 1.165) is 22.6 Å². The fraction of sp³-hybridized carbons (Fsp3) is 0.407. The zero-order valence-corrected chi connectivity index (χ0v) is 20.8. The smallest absolute Gasteiger partial charge is 0.135 e. The van der Waals surface area contributed by atoms with Gasteiger partial charge in [0.15, 0.2) is 0 Å². The summed E-state index contributed by atoms with van der Waals surface area (Å²) in [5.74, 6) is 0. The molecule has 0 aromatic heterocycles. The molecule has 0 radical (unpaired) electrons. The average Bonchev–Trinajstić information content (AvgIpc) is 2.80. The SMILES string of the molecule is C=CCO/N=C(\COC(C)C)c1ccc(C)cc1.CCOC/C(=N\OC)c1ccc(C)cc1. The largest absolute Gasteiger partial charge is 0.399 e.